The van der Waals surface area contributed by atoms with Crippen LogP contribution in [0.1, 0.15) is 38.3 Å². The first-order valence-electron chi connectivity index (χ1n) is 9.76. The maximum Gasteiger partial charge on any atom is 0.343 e. The van der Waals surface area contributed by atoms with Crippen molar-refractivity contribution in [2.45, 2.75) is 50.6 Å². The minimum Gasteiger partial charge on any atom is -0.479 e. The second-order valence-corrected chi connectivity index (χ2v) is 7.14. The fourth-order valence-corrected chi connectivity index (χ4v) is 3.50. The van der Waals surface area contributed by atoms with Gasteiger partial charge in [0.1, 0.15) is 11.7 Å². The quantitative estimate of drug-likeness (QED) is 0.590. The van der Waals surface area contributed by atoms with E-state index in [1.54, 1.807) is 19.1 Å². The van der Waals surface area contributed by atoms with Gasteiger partial charge in [0.25, 0.3) is 0 Å². The van der Waals surface area contributed by atoms with Crippen LogP contribution >= 0.6 is 0 Å². The Hall–Kier alpha value is -2.70. The first-order chi connectivity index (χ1) is 13.9. The number of rotatable bonds is 6. The van der Waals surface area contributed by atoms with Crippen LogP contribution in [0, 0.1) is 0 Å². The van der Waals surface area contributed by atoms with E-state index in [1.165, 1.54) is 0 Å². The SMILES string of the molecule is CCC1OC1(C(=O)O)c1ccccc1.CCOC(=O)C1OC1(C)c1ccccc1. The molecule has 154 valence electrons. The van der Waals surface area contributed by atoms with E-state index in [2.05, 4.69) is 0 Å². The molecule has 4 atom stereocenters. The molecule has 0 aromatic heterocycles. The van der Waals surface area contributed by atoms with Crippen LogP contribution in [0.5, 0.6) is 0 Å². The van der Waals surface area contributed by atoms with Crippen molar-refractivity contribution in [3.05, 3.63) is 71.8 Å². The summed E-state index contributed by atoms with van der Waals surface area (Å²) >= 11 is 0. The standard InChI is InChI=1S/C12H14O3.C11H12O3/c1-3-14-11(13)10-12(2,15-10)9-7-5-4-6-8-9;1-2-9-11(14-9,10(12)13)8-6-4-3-5-7-8/h4-8,10H,3H2,1-2H3;3-7,9H,2H2,1H3,(H,12,13). The predicted molar refractivity (Wildman–Crippen MR) is 106 cm³/mol. The number of benzene rings is 2. The Kier molecular flexibility index (Phi) is 6.05. The fraction of sp³-hybridized carbons (Fsp3) is 0.391. The number of hydrogen-bond acceptors (Lipinski definition) is 5. The lowest BCUT2D eigenvalue weighted by Gasteiger charge is -2.06. The Balaban J connectivity index is 0.000000166. The smallest absolute Gasteiger partial charge is 0.343 e. The Morgan fingerprint density at radius 3 is 1.97 bits per heavy atom. The number of carbonyl (C=O) groups excluding carboxylic acids is 1. The average molecular weight is 398 g/mol. The lowest BCUT2D eigenvalue weighted by Crippen LogP contribution is -2.24. The minimum absolute atomic E-state index is 0.178. The average Bonchev–Trinajstić information content (AvgIpc) is 3.64. The van der Waals surface area contributed by atoms with Crippen molar-refractivity contribution in [2.75, 3.05) is 6.61 Å². The molecule has 0 bridgehead atoms. The molecule has 0 radical (unpaired) electrons. The fourth-order valence-electron chi connectivity index (χ4n) is 3.50. The molecule has 2 fully saturated rings. The lowest BCUT2D eigenvalue weighted by molar-refractivity contribution is -0.145. The number of aliphatic carboxylic acids is 1. The normalized spacial score (nSPS) is 29.2. The number of carbonyl (C=O) groups is 2. The molecular formula is C23H26O6. The van der Waals surface area contributed by atoms with Gasteiger partial charge < -0.3 is 19.3 Å². The Bertz CT molecular complexity index is 852. The van der Waals surface area contributed by atoms with Crippen LogP contribution in [0.3, 0.4) is 0 Å². The highest BCUT2D eigenvalue weighted by molar-refractivity contribution is 5.83. The van der Waals surface area contributed by atoms with Crippen LogP contribution in [-0.2, 0) is 35.0 Å². The van der Waals surface area contributed by atoms with Crippen molar-refractivity contribution in [3.63, 3.8) is 0 Å². The van der Waals surface area contributed by atoms with Gasteiger partial charge >= 0.3 is 11.9 Å². The maximum absolute atomic E-state index is 11.4. The van der Waals surface area contributed by atoms with Crippen molar-refractivity contribution < 1.29 is 28.9 Å². The molecule has 0 saturated carbocycles. The van der Waals surface area contributed by atoms with Gasteiger partial charge in [0, 0.05) is 0 Å². The molecule has 2 aliphatic rings. The highest BCUT2D eigenvalue weighted by Crippen LogP contribution is 2.48. The van der Waals surface area contributed by atoms with Crippen LogP contribution < -0.4 is 0 Å². The van der Waals surface area contributed by atoms with Gasteiger partial charge in [0.2, 0.25) is 5.60 Å². The highest BCUT2D eigenvalue weighted by atomic mass is 16.7. The van der Waals surface area contributed by atoms with Gasteiger partial charge in [-0.05, 0) is 31.4 Å². The number of epoxide rings is 2. The molecule has 2 aromatic carbocycles. The summed E-state index contributed by atoms with van der Waals surface area (Å²) in [6, 6.07) is 18.8. The highest BCUT2D eigenvalue weighted by Gasteiger charge is 2.63. The third-order valence-corrected chi connectivity index (χ3v) is 5.27. The maximum atomic E-state index is 11.4. The summed E-state index contributed by atoms with van der Waals surface area (Å²) in [5, 5.41) is 9.13. The molecule has 6 heteroatoms. The van der Waals surface area contributed by atoms with E-state index >= 15 is 0 Å². The van der Waals surface area contributed by atoms with Crippen LogP contribution in [0.25, 0.3) is 0 Å². The summed E-state index contributed by atoms with van der Waals surface area (Å²) < 4.78 is 15.7. The third-order valence-electron chi connectivity index (χ3n) is 5.27. The van der Waals surface area contributed by atoms with Crippen LogP contribution in [-0.4, -0.2) is 35.9 Å². The van der Waals surface area contributed by atoms with E-state index in [9.17, 15) is 9.59 Å². The molecule has 2 saturated heterocycles. The van der Waals surface area contributed by atoms with E-state index in [0.29, 0.717) is 6.61 Å². The zero-order chi connectivity index (χ0) is 21.1. The van der Waals surface area contributed by atoms with Crippen LogP contribution in [0.4, 0.5) is 0 Å². The Labute approximate surface area is 170 Å². The second-order valence-electron chi connectivity index (χ2n) is 7.14. The molecule has 0 amide bonds. The van der Waals surface area contributed by atoms with E-state index in [4.69, 9.17) is 19.3 Å². The molecule has 4 rings (SSSR count). The molecule has 2 aliphatic heterocycles. The van der Waals surface area contributed by atoms with Gasteiger partial charge in [-0.15, -0.1) is 0 Å². The van der Waals surface area contributed by atoms with E-state index in [1.807, 2.05) is 62.4 Å². The first-order valence-corrected chi connectivity index (χ1v) is 9.76. The van der Waals surface area contributed by atoms with Gasteiger partial charge in [-0.3, -0.25) is 0 Å². The zero-order valence-corrected chi connectivity index (χ0v) is 16.8. The zero-order valence-electron chi connectivity index (χ0n) is 16.8. The first kappa shape index (κ1) is 21.0. The molecule has 29 heavy (non-hydrogen) atoms. The summed E-state index contributed by atoms with van der Waals surface area (Å²) in [6.07, 6.45) is 0.100. The monoisotopic (exact) mass is 398 g/mol. The van der Waals surface area contributed by atoms with Crippen molar-refractivity contribution in [1.82, 2.24) is 0 Å². The van der Waals surface area contributed by atoms with E-state index in [0.717, 1.165) is 17.5 Å². The summed E-state index contributed by atoms with van der Waals surface area (Å²) in [5.41, 5.74) is 0.186. The lowest BCUT2D eigenvalue weighted by atomic mass is 9.94. The number of carboxylic acid groups (broad SMARTS) is 1. The topological polar surface area (TPSA) is 88.7 Å². The van der Waals surface area contributed by atoms with Crippen molar-refractivity contribution >= 4 is 11.9 Å². The van der Waals surface area contributed by atoms with Crippen molar-refractivity contribution in [1.29, 1.82) is 0 Å². The van der Waals surface area contributed by atoms with Gasteiger partial charge in [-0.2, -0.15) is 0 Å². The molecule has 0 spiro atoms. The van der Waals surface area contributed by atoms with E-state index < -0.39 is 23.3 Å². The molecule has 0 aliphatic carbocycles. The van der Waals surface area contributed by atoms with Crippen molar-refractivity contribution in [2.24, 2.45) is 0 Å². The van der Waals surface area contributed by atoms with Gasteiger partial charge in [0.05, 0.1) is 6.61 Å². The predicted octanol–water partition coefficient (Wildman–Crippen LogP) is 3.64. The Morgan fingerprint density at radius 2 is 1.52 bits per heavy atom. The molecule has 2 heterocycles. The number of hydrogen-bond donors (Lipinski definition) is 1. The summed E-state index contributed by atoms with van der Waals surface area (Å²) in [7, 11) is 0. The molecule has 1 N–H and O–H groups in total. The molecular weight excluding hydrogens is 372 g/mol. The number of ether oxygens (including phenoxy) is 3. The van der Waals surface area contributed by atoms with Gasteiger partial charge in [-0.25, -0.2) is 9.59 Å². The van der Waals surface area contributed by atoms with E-state index in [-0.39, 0.29) is 12.1 Å². The van der Waals surface area contributed by atoms with Crippen LogP contribution in [0.2, 0.25) is 0 Å². The molecule has 4 unspecified atom stereocenters. The number of carboxylic acids is 1. The second kappa shape index (κ2) is 8.35. The van der Waals surface area contributed by atoms with Crippen LogP contribution in [0.15, 0.2) is 60.7 Å². The number of esters is 1. The Morgan fingerprint density at radius 1 is 0.966 bits per heavy atom. The summed E-state index contributed by atoms with van der Waals surface area (Å²) in [5.74, 6) is -1.17. The van der Waals surface area contributed by atoms with Crippen molar-refractivity contribution in [3.8, 4) is 0 Å². The summed E-state index contributed by atoms with van der Waals surface area (Å²) in [6.45, 7) is 6.02. The van der Waals surface area contributed by atoms with Gasteiger partial charge in [-0.1, -0.05) is 67.6 Å². The summed E-state index contributed by atoms with van der Waals surface area (Å²) in [4.78, 5) is 22.6. The van der Waals surface area contributed by atoms with Gasteiger partial charge in [0.15, 0.2) is 6.10 Å². The molecule has 6 nitrogen and oxygen atoms in total. The minimum atomic E-state index is -1.07. The molecule has 2 aromatic rings. The third kappa shape index (κ3) is 4.04. The largest absolute Gasteiger partial charge is 0.479 e.